The second-order valence-electron chi connectivity index (χ2n) is 6.02. The van der Waals surface area contributed by atoms with Crippen molar-refractivity contribution in [2.75, 3.05) is 0 Å². The second kappa shape index (κ2) is 3.49. The molecular weight excluding hydrogens is 267 g/mol. The van der Waals surface area contributed by atoms with Crippen LogP contribution in [0.3, 0.4) is 0 Å². The highest BCUT2D eigenvalue weighted by Crippen LogP contribution is 2.75. The summed E-state index contributed by atoms with van der Waals surface area (Å²) in [5.41, 5.74) is -1.92. The van der Waals surface area contributed by atoms with Gasteiger partial charge in [-0.3, -0.25) is 4.68 Å². The van der Waals surface area contributed by atoms with E-state index in [1.807, 2.05) is 0 Å². The van der Waals surface area contributed by atoms with Crippen molar-refractivity contribution in [1.82, 2.24) is 9.78 Å². The van der Waals surface area contributed by atoms with Gasteiger partial charge in [0.25, 0.3) is 0 Å². The van der Waals surface area contributed by atoms with E-state index in [0.29, 0.717) is 25.8 Å². The molecule has 1 aromatic heterocycles. The molecule has 1 heterocycles. The predicted molar refractivity (Wildman–Crippen MR) is 56.7 cm³/mol. The van der Waals surface area contributed by atoms with E-state index in [4.69, 9.17) is 0 Å². The Morgan fingerprint density at radius 2 is 1.89 bits per heavy atom. The Bertz CT molecular complexity index is 497. The molecule has 3 fully saturated rings. The van der Waals surface area contributed by atoms with Crippen LogP contribution in [0, 0.1) is 17.8 Å². The Morgan fingerprint density at radius 1 is 1.32 bits per heavy atom. The summed E-state index contributed by atoms with van der Waals surface area (Å²) in [6.07, 6.45) is -4.55. The van der Waals surface area contributed by atoms with E-state index in [2.05, 4.69) is 5.10 Å². The first-order valence-corrected chi connectivity index (χ1v) is 6.05. The number of aryl methyl sites for hydroxylation is 1. The smallest absolute Gasteiger partial charge is 0.271 e. The zero-order valence-electron chi connectivity index (χ0n) is 10.3. The zero-order chi connectivity index (χ0) is 14.1. The first kappa shape index (κ1) is 12.9. The molecule has 3 aliphatic rings. The average Bonchev–Trinajstić information content (AvgIpc) is 2.49. The van der Waals surface area contributed by atoms with Crippen molar-refractivity contribution < 1.29 is 22.0 Å². The predicted octanol–water partition coefficient (Wildman–Crippen LogP) is 3.65. The zero-order valence-corrected chi connectivity index (χ0v) is 10.3. The quantitative estimate of drug-likeness (QED) is 0.773. The molecule has 2 bridgehead atoms. The molecule has 2 nitrogen and oxygen atoms in total. The summed E-state index contributed by atoms with van der Waals surface area (Å²) < 4.78 is 64.4. The van der Waals surface area contributed by atoms with E-state index < -0.39 is 23.6 Å². The Kier molecular flexibility index (Phi) is 2.36. The molecule has 106 valence electrons. The minimum Gasteiger partial charge on any atom is -0.271 e. The highest BCUT2D eigenvalue weighted by Gasteiger charge is 2.71. The van der Waals surface area contributed by atoms with E-state index in [0.717, 1.165) is 6.20 Å². The van der Waals surface area contributed by atoms with Gasteiger partial charge in [0.2, 0.25) is 6.43 Å². The summed E-state index contributed by atoms with van der Waals surface area (Å²) in [7, 11) is 0. The molecule has 0 amide bonds. The number of rotatable bonds is 3. The van der Waals surface area contributed by atoms with Gasteiger partial charge in [-0.1, -0.05) is 0 Å². The van der Waals surface area contributed by atoms with Gasteiger partial charge in [0, 0.05) is 18.2 Å². The summed E-state index contributed by atoms with van der Waals surface area (Å²) >= 11 is 0. The number of hydrogen-bond acceptors (Lipinski definition) is 1. The third-order valence-corrected chi connectivity index (χ3v) is 4.39. The highest BCUT2D eigenvalue weighted by atomic mass is 19.4. The Balaban J connectivity index is 1.71. The summed E-state index contributed by atoms with van der Waals surface area (Å²) in [6.45, 7) is 1.61. The Labute approximate surface area is 106 Å². The van der Waals surface area contributed by atoms with Gasteiger partial charge >= 0.3 is 6.18 Å². The van der Waals surface area contributed by atoms with Crippen LogP contribution in [0.25, 0.3) is 0 Å². The number of halogens is 5. The highest BCUT2D eigenvalue weighted by molar-refractivity contribution is 5.21. The maximum absolute atomic E-state index is 12.7. The van der Waals surface area contributed by atoms with E-state index in [-0.39, 0.29) is 11.1 Å². The van der Waals surface area contributed by atoms with Crippen molar-refractivity contribution in [3.05, 3.63) is 17.5 Å². The van der Waals surface area contributed by atoms with Gasteiger partial charge in [-0.2, -0.15) is 18.3 Å². The van der Waals surface area contributed by atoms with E-state index in [9.17, 15) is 22.0 Å². The lowest BCUT2D eigenvalue weighted by Crippen LogP contribution is -2.66. The Hall–Kier alpha value is -1.14. The monoisotopic (exact) mass is 280 g/mol. The molecular formula is C12H13F5N2. The topological polar surface area (TPSA) is 17.8 Å². The SMILES string of the molecule is Cc1nn(CC23CC(C(F)F)(C2)C3)cc1C(F)(F)F. The van der Waals surface area contributed by atoms with Crippen molar-refractivity contribution in [3.63, 3.8) is 0 Å². The number of aromatic nitrogens is 2. The van der Waals surface area contributed by atoms with E-state index in [1.165, 1.54) is 11.6 Å². The molecule has 0 aliphatic heterocycles. The van der Waals surface area contributed by atoms with Gasteiger partial charge in [0.1, 0.15) is 0 Å². The first-order valence-electron chi connectivity index (χ1n) is 6.05. The minimum absolute atomic E-state index is 0.0670. The maximum Gasteiger partial charge on any atom is 0.419 e. The first-order chi connectivity index (χ1) is 8.66. The molecule has 0 spiro atoms. The van der Waals surface area contributed by atoms with Crippen LogP contribution >= 0.6 is 0 Å². The standard InChI is InChI=1S/C12H13F5N2/c1-7-8(12(15,16)17)2-19(18-7)6-10-3-11(4-10,5-10)9(13)14/h2,9H,3-6H2,1H3. The molecule has 3 saturated carbocycles. The van der Waals surface area contributed by atoms with Gasteiger partial charge in [0.15, 0.2) is 0 Å². The summed E-state index contributed by atoms with van der Waals surface area (Å²) in [5, 5.41) is 3.85. The maximum atomic E-state index is 12.7. The van der Waals surface area contributed by atoms with Crippen LogP contribution in [0.5, 0.6) is 0 Å². The second-order valence-corrected chi connectivity index (χ2v) is 6.02. The lowest BCUT2D eigenvalue weighted by atomic mass is 9.35. The van der Waals surface area contributed by atoms with Gasteiger partial charge in [-0.15, -0.1) is 0 Å². The van der Waals surface area contributed by atoms with Crippen LogP contribution in [0.1, 0.15) is 30.5 Å². The summed E-state index contributed by atoms with van der Waals surface area (Å²) in [5.74, 6) is 0. The normalized spacial score (nSPS) is 33.2. The number of alkyl halides is 5. The van der Waals surface area contributed by atoms with E-state index >= 15 is 0 Å². The number of hydrogen-bond donors (Lipinski definition) is 0. The average molecular weight is 280 g/mol. The third-order valence-electron chi connectivity index (χ3n) is 4.39. The van der Waals surface area contributed by atoms with Crippen molar-refractivity contribution in [2.45, 2.75) is 45.3 Å². The van der Waals surface area contributed by atoms with Crippen LogP contribution in [-0.2, 0) is 12.7 Å². The fourth-order valence-corrected chi connectivity index (χ4v) is 3.71. The van der Waals surface area contributed by atoms with Crippen molar-refractivity contribution >= 4 is 0 Å². The molecule has 1 aromatic rings. The van der Waals surface area contributed by atoms with Crippen LogP contribution in [0.4, 0.5) is 22.0 Å². The van der Waals surface area contributed by atoms with Crippen LogP contribution in [0.2, 0.25) is 0 Å². The molecule has 0 radical (unpaired) electrons. The molecule has 0 atom stereocenters. The van der Waals surface area contributed by atoms with Gasteiger partial charge in [0.05, 0.1) is 11.3 Å². The third kappa shape index (κ3) is 1.77. The molecule has 0 saturated heterocycles. The fourth-order valence-electron chi connectivity index (χ4n) is 3.71. The minimum atomic E-state index is -4.41. The fraction of sp³-hybridized carbons (Fsp3) is 0.750. The van der Waals surface area contributed by atoms with Crippen LogP contribution in [-0.4, -0.2) is 16.2 Å². The Morgan fingerprint density at radius 3 is 2.32 bits per heavy atom. The van der Waals surface area contributed by atoms with Gasteiger partial charge in [-0.25, -0.2) is 8.78 Å². The van der Waals surface area contributed by atoms with Gasteiger partial charge in [-0.05, 0) is 31.6 Å². The molecule has 0 unspecified atom stereocenters. The largest absolute Gasteiger partial charge is 0.419 e. The van der Waals surface area contributed by atoms with Gasteiger partial charge < -0.3 is 0 Å². The lowest BCUT2D eigenvalue weighted by Gasteiger charge is -2.70. The molecule has 7 heteroatoms. The van der Waals surface area contributed by atoms with Crippen LogP contribution in [0.15, 0.2) is 6.20 Å². The van der Waals surface area contributed by atoms with E-state index in [1.54, 1.807) is 0 Å². The van der Waals surface area contributed by atoms with Crippen LogP contribution < -0.4 is 0 Å². The summed E-state index contributed by atoms with van der Waals surface area (Å²) in [6, 6.07) is 0. The molecule has 4 rings (SSSR count). The van der Waals surface area contributed by atoms with Crippen molar-refractivity contribution in [1.29, 1.82) is 0 Å². The molecule has 3 aliphatic carbocycles. The molecule has 0 N–H and O–H groups in total. The molecule has 19 heavy (non-hydrogen) atoms. The summed E-state index contributed by atoms with van der Waals surface area (Å²) in [4.78, 5) is 0. The number of nitrogens with zero attached hydrogens (tertiary/aromatic N) is 2. The lowest BCUT2D eigenvalue weighted by molar-refractivity contribution is -0.273. The molecule has 0 aromatic carbocycles. The van der Waals surface area contributed by atoms with Crippen molar-refractivity contribution in [3.8, 4) is 0 Å². The van der Waals surface area contributed by atoms with Crippen molar-refractivity contribution in [2.24, 2.45) is 10.8 Å².